The van der Waals surface area contributed by atoms with E-state index in [4.69, 9.17) is 11.6 Å². The van der Waals surface area contributed by atoms with Gasteiger partial charge in [0.2, 0.25) is 0 Å². The van der Waals surface area contributed by atoms with Gasteiger partial charge in [-0.25, -0.2) is 4.98 Å². The molecule has 0 saturated carbocycles. The van der Waals surface area contributed by atoms with Crippen LogP contribution in [0.3, 0.4) is 0 Å². The Balaban J connectivity index is 1.60. The number of aromatic nitrogens is 1. The maximum absolute atomic E-state index is 13.1. The lowest BCUT2D eigenvalue weighted by molar-refractivity contribution is 0.102. The minimum absolute atomic E-state index is 0.0940. The minimum Gasteiger partial charge on any atom is -0.508 e. The number of para-hydroxylation sites is 1. The Labute approximate surface area is 199 Å². The molecule has 172 valence electrons. The fourth-order valence-corrected chi connectivity index (χ4v) is 4.60. The van der Waals surface area contributed by atoms with Crippen LogP contribution in [0.25, 0.3) is 0 Å². The molecule has 0 spiro atoms. The number of hydrogen-bond donors (Lipinski definition) is 4. The van der Waals surface area contributed by atoms with E-state index >= 15 is 0 Å². The summed E-state index contributed by atoms with van der Waals surface area (Å²) in [6.45, 7) is 4.12. The monoisotopic (exact) mass is 464 g/mol. The summed E-state index contributed by atoms with van der Waals surface area (Å²) >= 11 is 5.91. The summed E-state index contributed by atoms with van der Waals surface area (Å²) in [5.41, 5.74) is 2.40. The van der Waals surface area contributed by atoms with E-state index in [0.717, 1.165) is 37.2 Å². The molecular weight excluding hydrogens is 436 g/mol. The lowest BCUT2D eigenvalue weighted by atomic mass is 9.80. The van der Waals surface area contributed by atoms with Crippen molar-refractivity contribution in [2.24, 2.45) is 5.92 Å². The third kappa shape index (κ3) is 5.83. The number of amides is 1. The van der Waals surface area contributed by atoms with Gasteiger partial charge in [0, 0.05) is 23.8 Å². The molecular formula is C26H29ClN4O2. The van der Waals surface area contributed by atoms with Gasteiger partial charge in [0.1, 0.15) is 11.6 Å². The highest BCUT2D eigenvalue weighted by molar-refractivity contribution is 6.30. The second kappa shape index (κ2) is 10.7. The molecule has 2 aromatic carbocycles. The molecule has 1 amide bonds. The highest BCUT2D eigenvalue weighted by atomic mass is 35.5. The lowest BCUT2D eigenvalue weighted by Crippen LogP contribution is -2.41. The first-order valence-corrected chi connectivity index (χ1v) is 11.7. The van der Waals surface area contributed by atoms with Gasteiger partial charge in [-0.05, 0) is 73.8 Å². The zero-order chi connectivity index (χ0) is 23.2. The average Bonchev–Trinajstić information content (AvgIpc) is 2.84. The van der Waals surface area contributed by atoms with Gasteiger partial charge in [0.15, 0.2) is 0 Å². The van der Waals surface area contributed by atoms with Crippen LogP contribution in [0.15, 0.2) is 66.9 Å². The Morgan fingerprint density at radius 3 is 2.64 bits per heavy atom. The van der Waals surface area contributed by atoms with Crippen molar-refractivity contribution in [2.75, 3.05) is 23.7 Å². The molecule has 1 aliphatic heterocycles. The molecule has 0 radical (unpaired) electrons. The molecule has 33 heavy (non-hydrogen) atoms. The Bertz CT molecular complexity index is 1080. The number of phenols is 1. The van der Waals surface area contributed by atoms with E-state index in [1.165, 1.54) is 6.20 Å². The number of nitrogens with one attached hydrogen (secondary N) is 3. The van der Waals surface area contributed by atoms with Gasteiger partial charge in [-0.3, -0.25) is 4.79 Å². The number of pyridine rings is 1. The van der Waals surface area contributed by atoms with Crippen molar-refractivity contribution in [2.45, 2.75) is 31.7 Å². The molecule has 2 heterocycles. The number of carbonyl (C=O) groups excluding carboxylic acids is 1. The molecule has 1 fully saturated rings. The predicted molar refractivity (Wildman–Crippen MR) is 133 cm³/mol. The van der Waals surface area contributed by atoms with Crippen molar-refractivity contribution in [1.29, 1.82) is 0 Å². The van der Waals surface area contributed by atoms with Crippen LogP contribution in [0, 0.1) is 5.92 Å². The van der Waals surface area contributed by atoms with Gasteiger partial charge in [0.25, 0.3) is 5.91 Å². The van der Waals surface area contributed by atoms with Crippen molar-refractivity contribution < 1.29 is 9.90 Å². The first kappa shape index (κ1) is 23.1. The van der Waals surface area contributed by atoms with Crippen LogP contribution in [-0.2, 0) is 0 Å². The van der Waals surface area contributed by atoms with Crippen molar-refractivity contribution in [3.8, 4) is 5.75 Å². The number of carbonyl (C=O) groups is 1. The zero-order valence-corrected chi connectivity index (χ0v) is 19.3. The van der Waals surface area contributed by atoms with Crippen LogP contribution < -0.4 is 16.0 Å². The topological polar surface area (TPSA) is 86.3 Å². The quantitative estimate of drug-likeness (QED) is 0.382. The fourth-order valence-electron chi connectivity index (χ4n) is 4.49. The number of hydrogen-bond acceptors (Lipinski definition) is 5. The maximum atomic E-state index is 13.1. The Kier molecular flexibility index (Phi) is 7.47. The molecule has 1 aromatic heterocycles. The number of halogens is 1. The van der Waals surface area contributed by atoms with Crippen LogP contribution in [0.4, 0.5) is 11.5 Å². The summed E-state index contributed by atoms with van der Waals surface area (Å²) < 4.78 is 0. The summed E-state index contributed by atoms with van der Waals surface area (Å²) in [6, 6.07) is 18.4. The average molecular weight is 465 g/mol. The fraction of sp³-hybridized carbons (Fsp3) is 0.308. The number of anilines is 2. The molecule has 2 atom stereocenters. The summed E-state index contributed by atoms with van der Waals surface area (Å²) in [5, 5.41) is 20.5. The zero-order valence-electron chi connectivity index (χ0n) is 18.6. The maximum Gasteiger partial charge on any atom is 0.258 e. The van der Waals surface area contributed by atoms with Crippen molar-refractivity contribution in [3.63, 3.8) is 0 Å². The normalized spacial score (nSPS) is 16.1. The second-order valence-corrected chi connectivity index (χ2v) is 8.94. The van der Waals surface area contributed by atoms with Gasteiger partial charge in [-0.2, -0.15) is 0 Å². The SMILES string of the molecule is CC(c1cccc(O)c1)C(Nc1ccccc1C(=O)Nc1ccc(Cl)cn1)C1CCNCC1. The molecule has 0 aliphatic carbocycles. The van der Waals surface area contributed by atoms with Crippen LogP contribution in [0.2, 0.25) is 5.02 Å². The second-order valence-electron chi connectivity index (χ2n) is 8.50. The third-order valence-corrected chi connectivity index (χ3v) is 6.51. The molecule has 6 nitrogen and oxygen atoms in total. The predicted octanol–water partition coefficient (Wildman–Crippen LogP) is 5.28. The molecule has 1 aliphatic rings. The molecule has 0 bridgehead atoms. The first-order valence-electron chi connectivity index (χ1n) is 11.3. The van der Waals surface area contributed by atoms with E-state index in [9.17, 15) is 9.90 Å². The molecule has 3 aromatic rings. The first-order chi connectivity index (χ1) is 16.0. The molecule has 4 N–H and O–H groups in total. The van der Waals surface area contributed by atoms with E-state index in [1.54, 1.807) is 18.2 Å². The summed E-state index contributed by atoms with van der Waals surface area (Å²) in [5.74, 6) is 1.04. The summed E-state index contributed by atoms with van der Waals surface area (Å²) in [6.07, 6.45) is 3.60. The highest BCUT2D eigenvalue weighted by Crippen LogP contribution is 2.33. The Morgan fingerprint density at radius 2 is 1.91 bits per heavy atom. The largest absolute Gasteiger partial charge is 0.508 e. The lowest BCUT2D eigenvalue weighted by Gasteiger charge is -2.36. The van der Waals surface area contributed by atoms with E-state index in [0.29, 0.717) is 22.3 Å². The van der Waals surface area contributed by atoms with Crippen molar-refractivity contribution in [3.05, 3.63) is 83.0 Å². The van der Waals surface area contributed by atoms with Crippen LogP contribution in [0.1, 0.15) is 41.6 Å². The van der Waals surface area contributed by atoms with E-state index in [1.807, 2.05) is 42.5 Å². The third-order valence-electron chi connectivity index (χ3n) is 6.29. The van der Waals surface area contributed by atoms with Crippen LogP contribution >= 0.6 is 11.6 Å². The molecule has 1 saturated heterocycles. The Hall–Kier alpha value is -3.09. The number of aromatic hydroxyl groups is 1. The smallest absolute Gasteiger partial charge is 0.258 e. The summed E-state index contributed by atoms with van der Waals surface area (Å²) in [4.78, 5) is 17.3. The van der Waals surface area contributed by atoms with Gasteiger partial charge >= 0.3 is 0 Å². The van der Waals surface area contributed by atoms with Gasteiger partial charge in [0.05, 0.1) is 10.6 Å². The number of piperidine rings is 1. The Morgan fingerprint density at radius 1 is 1.12 bits per heavy atom. The van der Waals surface area contributed by atoms with E-state index < -0.39 is 0 Å². The highest BCUT2D eigenvalue weighted by Gasteiger charge is 2.30. The number of phenolic OH excluding ortho intramolecular Hbond substituents is 1. The molecule has 7 heteroatoms. The van der Waals surface area contributed by atoms with E-state index in [-0.39, 0.29) is 23.6 Å². The van der Waals surface area contributed by atoms with Crippen molar-refractivity contribution in [1.82, 2.24) is 10.3 Å². The number of nitrogens with zero attached hydrogens (tertiary/aromatic N) is 1. The van der Waals surface area contributed by atoms with E-state index in [2.05, 4.69) is 27.9 Å². The molecule has 4 rings (SSSR count). The molecule has 2 unspecified atom stereocenters. The van der Waals surface area contributed by atoms with Crippen LogP contribution in [-0.4, -0.2) is 35.1 Å². The summed E-state index contributed by atoms with van der Waals surface area (Å²) in [7, 11) is 0. The van der Waals surface area contributed by atoms with Crippen molar-refractivity contribution >= 4 is 29.0 Å². The van der Waals surface area contributed by atoms with Crippen LogP contribution in [0.5, 0.6) is 5.75 Å². The number of rotatable bonds is 7. The van der Waals surface area contributed by atoms with Gasteiger partial charge < -0.3 is 21.1 Å². The minimum atomic E-state index is -0.234. The van der Waals surface area contributed by atoms with Gasteiger partial charge in [-0.15, -0.1) is 0 Å². The standard InChI is InChI=1S/C26H29ClN4O2/c1-17(19-5-4-6-21(32)15-19)25(18-11-13-28-14-12-18)30-23-8-3-2-7-22(23)26(33)31-24-10-9-20(27)16-29-24/h2-10,15-18,25,28,30,32H,11-14H2,1H3,(H,29,31,33). The van der Waals surface area contributed by atoms with Gasteiger partial charge in [-0.1, -0.05) is 42.8 Å². The number of benzene rings is 2.